The number of hydrogen-bond donors (Lipinski definition) is 1. The maximum atomic E-state index is 4.42. The smallest absolute Gasteiger partial charge is 0.0641 e. The average molecular weight is 243 g/mol. The maximum absolute atomic E-state index is 4.42. The molecule has 1 aromatic carbocycles. The number of rotatable bonds is 4. The Bertz CT molecular complexity index is 528. The van der Waals surface area contributed by atoms with E-state index in [4.69, 9.17) is 0 Å². The summed E-state index contributed by atoms with van der Waals surface area (Å²) < 4.78 is 1.88. The standard InChI is InChI=1S/C15H21N3/c1-11-7-5-6-8-13(11)9-15(16-3)14-10-18(4)17-12(14)2/h5-8,10,15-16H,9H2,1-4H3. The molecule has 96 valence electrons. The summed E-state index contributed by atoms with van der Waals surface area (Å²) in [5, 5.41) is 7.82. The van der Waals surface area contributed by atoms with Crippen LogP contribution >= 0.6 is 0 Å². The lowest BCUT2D eigenvalue weighted by molar-refractivity contribution is 0.587. The Morgan fingerprint density at radius 2 is 2.00 bits per heavy atom. The fourth-order valence-corrected chi connectivity index (χ4v) is 2.39. The van der Waals surface area contributed by atoms with Gasteiger partial charge in [0.15, 0.2) is 0 Å². The quantitative estimate of drug-likeness (QED) is 0.894. The van der Waals surface area contributed by atoms with Gasteiger partial charge in [0, 0.05) is 24.8 Å². The van der Waals surface area contributed by atoms with E-state index in [9.17, 15) is 0 Å². The van der Waals surface area contributed by atoms with Crippen molar-refractivity contribution in [2.75, 3.05) is 7.05 Å². The van der Waals surface area contributed by atoms with Crippen LogP contribution in [-0.2, 0) is 13.5 Å². The highest BCUT2D eigenvalue weighted by atomic mass is 15.3. The van der Waals surface area contributed by atoms with E-state index in [1.807, 2.05) is 18.8 Å². The van der Waals surface area contributed by atoms with Crippen LogP contribution in [0.2, 0.25) is 0 Å². The third-order valence-electron chi connectivity index (χ3n) is 3.46. The van der Waals surface area contributed by atoms with Crippen molar-refractivity contribution in [1.29, 1.82) is 0 Å². The van der Waals surface area contributed by atoms with Crippen molar-refractivity contribution >= 4 is 0 Å². The second-order valence-electron chi connectivity index (χ2n) is 4.82. The van der Waals surface area contributed by atoms with Crippen LogP contribution in [0.3, 0.4) is 0 Å². The summed E-state index contributed by atoms with van der Waals surface area (Å²) in [6.07, 6.45) is 3.10. The SMILES string of the molecule is CNC(Cc1ccccc1C)c1cn(C)nc1C. The highest BCUT2D eigenvalue weighted by Crippen LogP contribution is 2.22. The third-order valence-corrected chi connectivity index (χ3v) is 3.46. The summed E-state index contributed by atoms with van der Waals surface area (Å²) in [5.74, 6) is 0. The molecule has 3 nitrogen and oxygen atoms in total. The van der Waals surface area contributed by atoms with Gasteiger partial charge in [-0.2, -0.15) is 5.10 Å². The summed E-state index contributed by atoms with van der Waals surface area (Å²) in [6, 6.07) is 8.87. The topological polar surface area (TPSA) is 29.9 Å². The molecule has 3 heteroatoms. The van der Waals surface area contributed by atoms with Gasteiger partial charge in [-0.1, -0.05) is 24.3 Å². The Morgan fingerprint density at radius 3 is 2.56 bits per heavy atom. The number of benzene rings is 1. The van der Waals surface area contributed by atoms with Gasteiger partial charge in [0.25, 0.3) is 0 Å². The molecule has 0 saturated carbocycles. The molecular weight excluding hydrogens is 222 g/mol. The first-order chi connectivity index (χ1) is 8.61. The minimum absolute atomic E-state index is 0.319. The minimum atomic E-state index is 0.319. The van der Waals surface area contributed by atoms with Crippen LogP contribution in [0.15, 0.2) is 30.5 Å². The van der Waals surface area contributed by atoms with E-state index in [0.29, 0.717) is 6.04 Å². The predicted octanol–water partition coefficient (Wildman–Crippen LogP) is 2.54. The summed E-state index contributed by atoms with van der Waals surface area (Å²) in [4.78, 5) is 0. The van der Waals surface area contributed by atoms with E-state index >= 15 is 0 Å². The molecule has 0 fully saturated rings. The molecule has 1 aromatic heterocycles. The molecule has 1 unspecified atom stereocenters. The second kappa shape index (κ2) is 5.36. The fraction of sp³-hybridized carbons (Fsp3) is 0.400. The molecule has 0 aliphatic heterocycles. The molecule has 0 aliphatic carbocycles. The normalized spacial score (nSPS) is 12.7. The van der Waals surface area contributed by atoms with Crippen LogP contribution in [0, 0.1) is 13.8 Å². The van der Waals surface area contributed by atoms with Crippen molar-refractivity contribution < 1.29 is 0 Å². The summed E-state index contributed by atoms with van der Waals surface area (Å²) >= 11 is 0. The van der Waals surface area contributed by atoms with Gasteiger partial charge in [-0.15, -0.1) is 0 Å². The Morgan fingerprint density at radius 1 is 1.28 bits per heavy atom. The second-order valence-corrected chi connectivity index (χ2v) is 4.82. The summed E-state index contributed by atoms with van der Waals surface area (Å²) in [5.41, 5.74) is 5.12. The first-order valence-electron chi connectivity index (χ1n) is 6.33. The molecule has 0 spiro atoms. The molecular formula is C15H21N3. The molecule has 1 heterocycles. The molecule has 0 radical (unpaired) electrons. The largest absolute Gasteiger partial charge is 0.313 e. The molecule has 18 heavy (non-hydrogen) atoms. The lowest BCUT2D eigenvalue weighted by Crippen LogP contribution is -2.19. The van der Waals surface area contributed by atoms with E-state index < -0.39 is 0 Å². The van der Waals surface area contributed by atoms with E-state index in [0.717, 1.165) is 12.1 Å². The Balaban J connectivity index is 2.25. The Kier molecular flexibility index (Phi) is 3.82. The molecule has 2 rings (SSSR count). The molecule has 0 bridgehead atoms. The van der Waals surface area contributed by atoms with Gasteiger partial charge in [0.1, 0.15) is 0 Å². The van der Waals surface area contributed by atoms with E-state index in [2.05, 4.69) is 54.7 Å². The minimum Gasteiger partial charge on any atom is -0.313 e. The van der Waals surface area contributed by atoms with Gasteiger partial charge in [-0.05, 0) is 38.4 Å². The van der Waals surface area contributed by atoms with E-state index in [-0.39, 0.29) is 0 Å². The van der Waals surface area contributed by atoms with E-state index in [1.54, 1.807) is 0 Å². The van der Waals surface area contributed by atoms with E-state index in [1.165, 1.54) is 16.7 Å². The number of nitrogens with one attached hydrogen (secondary N) is 1. The van der Waals surface area contributed by atoms with Crippen molar-refractivity contribution in [3.63, 3.8) is 0 Å². The zero-order chi connectivity index (χ0) is 13.1. The zero-order valence-electron chi connectivity index (χ0n) is 11.6. The number of likely N-dealkylation sites (N-methyl/N-ethyl adjacent to an activating group) is 1. The van der Waals surface area contributed by atoms with Crippen LogP contribution in [-0.4, -0.2) is 16.8 Å². The fourth-order valence-electron chi connectivity index (χ4n) is 2.39. The number of aromatic nitrogens is 2. The third kappa shape index (κ3) is 2.62. The number of aryl methyl sites for hydroxylation is 3. The van der Waals surface area contributed by atoms with Crippen molar-refractivity contribution in [2.24, 2.45) is 7.05 Å². The monoisotopic (exact) mass is 243 g/mol. The van der Waals surface area contributed by atoms with Gasteiger partial charge in [-0.25, -0.2) is 0 Å². The average Bonchev–Trinajstić information content (AvgIpc) is 2.67. The molecule has 0 aliphatic rings. The molecule has 2 aromatic rings. The van der Waals surface area contributed by atoms with Crippen molar-refractivity contribution in [1.82, 2.24) is 15.1 Å². The maximum Gasteiger partial charge on any atom is 0.0641 e. The lowest BCUT2D eigenvalue weighted by atomic mass is 9.97. The van der Waals surface area contributed by atoms with Gasteiger partial charge in [0.05, 0.1) is 5.69 Å². The predicted molar refractivity (Wildman–Crippen MR) is 74.6 cm³/mol. The molecule has 0 saturated heterocycles. The first-order valence-corrected chi connectivity index (χ1v) is 6.33. The molecule has 1 N–H and O–H groups in total. The highest BCUT2D eigenvalue weighted by molar-refractivity contribution is 5.29. The van der Waals surface area contributed by atoms with Crippen molar-refractivity contribution in [2.45, 2.75) is 26.3 Å². The summed E-state index contributed by atoms with van der Waals surface area (Å²) in [6.45, 7) is 4.23. The van der Waals surface area contributed by atoms with Crippen LogP contribution in [0.5, 0.6) is 0 Å². The molecule has 1 atom stereocenters. The van der Waals surface area contributed by atoms with Crippen LogP contribution in [0.25, 0.3) is 0 Å². The van der Waals surface area contributed by atoms with Crippen molar-refractivity contribution in [3.8, 4) is 0 Å². The Hall–Kier alpha value is -1.61. The zero-order valence-corrected chi connectivity index (χ0v) is 11.6. The lowest BCUT2D eigenvalue weighted by Gasteiger charge is -2.17. The highest BCUT2D eigenvalue weighted by Gasteiger charge is 2.15. The van der Waals surface area contributed by atoms with Gasteiger partial charge >= 0.3 is 0 Å². The number of nitrogens with zero attached hydrogens (tertiary/aromatic N) is 2. The van der Waals surface area contributed by atoms with Gasteiger partial charge in [0.2, 0.25) is 0 Å². The van der Waals surface area contributed by atoms with Gasteiger partial charge < -0.3 is 5.32 Å². The summed E-state index contributed by atoms with van der Waals surface area (Å²) in [7, 11) is 3.98. The van der Waals surface area contributed by atoms with Crippen LogP contribution in [0.4, 0.5) is 0 Å². The first kappa shape index (κ1) is 12.8. The van der Waals surface area contributed by atoms with Gasteiger partial charge in [-0.3, -0.25) is 4.68 Å². The number of hydrogen-bond acceptors (Lipinski definition) is 2. The van der Waals surface area contributed by atoms with Crippen molar-refractivity contribution in [3.05, 3.63) is 52.8 Å². The van der Waals surface area contributed by atoms with Crippen LogP contribution in [0.1, 0.15) is 28.4 Å². The Labute approximate surface area is 109 Å². The van der Waals surface area contributed by atoms with Crippen LogP contribution < -0.4 is 5.32 Å². The molecule has 0 amide bonds.